The molecule has 1 aromatic rings. The minimum absolute atomic E-state index is 0.0205. The van der Waals surface area contributed by atoms with E-state index >= 15 is 0 Å². The zero-order chi connectivity index (χ0) is 12.7. The van der Waals surface area contributed by atoms with Gasteiger partial charge in [-0.05, 0) is 25.1 Å². The zero-order valence-electron chi connectivity index (χ0n) is 9.69. The molecular formula is C13H15NO3. The summed E-state index contributed by atoms with van der Waals surface area (Å²) >= 11 is 0. The molecule has 4 nitrogen and oxygen atoms in total. The van der Waals surface area contributed by atoms with Crippen molar-refractivity contribution in [2.45, 2.75) is 13.3 Å². The van der Waals surface area contributed by atoms with Gasteiger partial charge in [0.1, 0.15) is 0 Å². The van der Waals surface area contributed by atoms with E-state index in [0.29, 0.717) is 29.8 Å². The molecule has 4 heteroatoms. The van der Waals surface area contributed by atoms with Gasteiger partial charge in [-0.15, -0.1) is 0 Å². The molecule has 0 aliphatic rings. The zero-order valence-corrected chi connectivity index (χ0v) is 9.69. The van der Waals surface area contributed by atoms with Gasteiger partial charge in [0, 0.05) is 17.7 Å². The smallest absolute Gasteiger partial charge is 0.340 e. The third-order valence-corrected chi connectivity index (χ3v) is 2.02. The number of hydrogen-bond donors (Lipinski definition) is 2. The topological polar surface area (TPSA) is 72.5 Å². The van der Waals surface area contributed by atoms with Gasteiger partial charge in [-0.2, -0.15) is 0 Å². The van der Waals surface area contributed by atoms with E-state index in [4.69, 9.17) is 15.6 Å². The summed E-state index contributed by atoms with van der Waals surface area (Å²) in [6.07, 6.45) is 0.402. The van der Waals surface area contributed by atoms with Gasteiger partial charge in [-0.25, -0.2) is 4.79 Å². The average molecular weight is 233 g/mol. The Morgan fingerprint density at radius 1 is 1.53 bits per heavy atom. The molecule has 0 amide bonds. The Hall–Kier alpha value is -1.99. The van der Waals surface area contributed by atoms with Crippen molar-refractivity contribution in [3.63, 3.8) is 0 Å². The molecule has 0 spiro atoms. The highest BCUT2D eigenvalue weighted by Crippen LogP contribution is 2.15. The first-order valence-electron chi connectivity index (χ1n) is 5.35. The first-order chi connectivity index (χ1) is 8.19. The summed E-state index contributed by atoms with van der Waals surface area (Å²) in [5, 5.41) is 8.60. The summed E-state index contributed by atoms with van der Waals surface area (Å²) in [6, 6.07) is 4.94. The van der Waals surface area contributed by atoms with Gasteiger partial charge in [0.25, 0.3) is 0 Å². The second kappa shape index (κ2) is 6.56. The standard InChI is InChI=1S/C13H15NO3/c1-2-17-13(16)11-9-10(5-3-4-8-15)6-7-12(11)14/h6-7,9,15H,2,4,8,14H2,1H3. The first kappa shape index (κ1) is 13.1. The van der Waals surface area contributed by atoms with Crippen LogP contribution in [0.1, 0.15) is 29.3 Å². The summed E-state index contributed by atoms with van der Waals surface area (Å²) in [7, 11) is 0. The molecule has 0 aliphatic carbocycles. The Morgan fingerprint density at radius 3 is 2.94 bits per heavy atom. The lowest BCUT2D eigenvalue weighted by atomic mass is 10.1. The quantitative estimate of drug-likeness (QED) is 0.467. The van der Waals surface area contributed by atoms with Crippen molar-refractivity contribution >= 4 is 11.7 Å². The van der Waals surface area contributed by atoms with Crippen LogP contribution < -0.4 is 5.73 Å². The van der Waals surface area contributed by atoms with Crippen molar-refractivity contribution in [3.05, 3.63) is 29.3 Å². The first-order valence-corrected chi connectivity index (χ1v) is 5.35. The summed E-state index contributed by atoms with van der Waals surface area (Å²) < 4.78 is 4.88. The largest absolute Gasteiger partial charge is 0.462 e. The van der Waals surface area contributed by atoms with Crippen molar-refractivity contribution in [3.8, 4) is 11.8 Å². The van der Waals surface area contributed by atoms with E-state index in [1.807, 2.05) is 0 Å². The molecule has 1 rings (SSSR count). The van der Waals surface area contributed by atoms with Crippen molar-refractivity contribution in [2.24, 2.45) is 0 Å². The Balaban J connectivity index is 2.95. The van der Waals surface area contributed by atoms with E-state index < -0.39 is 5.97 Å². The average Bonchev–Trinajstić information content (AvgIpc) is 2.32. The number of aliphatic hydroxyl groups excluding tert-OH is 1. The second-order valence-electron chi connectivity index (χ2n) is 3.30. The van der Waals surface area contributed by atoms with E-state index in [-0.39, 0.29) is 6.61 Å². The minimum atomic E-state index is -0.448. The maximum absolute atomic E-state index is 11.6. The summed E-state index contributed by atoms with van der Waals surface area (Å²) in [5.41, 5.74) is 7.06. The van der Waals surface area contributed by atoms with Crippen LogP contribution in [-0.2, 0) is 4.74 Å². The van der Waals surface area contributed by atoms with Crippen LogP contribution >= 0.6 is 0 Å². The lowest BCUT2D eigenvalue weighted by Crippen LogP contribution is -2.08. The normalized spacial score (nSPS) is 9.29. The summed E-state index contributed by atoms with van der Waals surface area (Å²) in [5.74, 6) is 5.16. The SMILES string of the molecule is CCOC(=O)c1cc(C#CCCO)ccc1N. The molecule has 17 heavy (non-hydrogen) atoms. The van der Waals surface area contributed by atoms with Gasteiger partial charge >= 0.3 is 5.97 Å². The highest BCUT2D eigenvalue weighted by atomic mass is 16.5. The fourth-order valence-corrected chi connectivity index (χ4v) is 1.24. The van der Waals surface area contributed by atoms with Gasteiger partial charge in [0.15, 0.2) is 0 Å². The van der Waals surface area contributed by atoms with Gasteiger partial charge < -0.3 is 15.6 Å². The number of nitrogens with two attached hydrogens (primary N) is 1. The van der Waals surface area contributed by atoms with Gasteiger partial charge in [0.05, 0.1) is 18.8 Å². The number of anilines is 1. The summed E-state index contributed by atoms with van der Waals surface area (Å²) in [6.45, 7) is 2.06. The Labute approximate surface area is 100 Å². The molecular weight excluding hydrogens is 218 g/mol. The molecule has 0 aromatic heterocycles. The van der Waals surface area contributed by atoms with Crippen LogP contribution in [-0.4, -0.2) is 24.3 Å². The maximum atomic E-state index is 11.6. The number of rotatable bonds is 3. The third-order valence-electron chi connectivity index (χ3n) is 2.02. The summed E-state index contributed by atoms with van der Waals surface area (Å²) in [4.78, 5) is 11.6. The molecule has 0 bridgehead atoms. The van der Waals surface area contributed by atoms with Crippen LogP contribution in [0, 0.1) is 11.8 Å². The van der Waals surface area contributed by atoms with Gasteiger partial charge in [-0.3, -0.25) is 0 Å². The Morgan fingerprint density at radius 2 is 2.29 bits per heavy atom. The van der Waals surface area contributed by atoms with Crippen molar-refractivity contribution in [1.29, 1.82) is 0 Å². The fourth-order valence-electron chi connectivity index (χ4n) is 1.24. The minimum Gasteiger partial charge on any atom is -0.462 e. The maximum Gasteiger partial charge on any atom is 0.340 e. The van der Waals surface area contributed by atoms with E-state index in [1.165, 1.54) is 0 Å². The molecule has 0 aliphatic heterocycles. The highest BCUT2D eigenvalue weighted by Gasteiger charge is 2.10. The predicted molar refractivity (Wildman–Crippen MR) is 65.4 cm³/mol. The number of aliphatic hydroxyl groups is 1. The number of benzene rings is 1. The van der Waals surface area contributed by atoms with Crippen LogP contribution in [0.5, 0.6) is 0 Å². The monoisotopic (exact) mass is 233 g/mol. The fraction of sp³-hybridized carbons (Fsp3) is 0.308. The number of carbonyl (C=O) groups excluding carboxylic acids is 1. The molecule has 0 fully saturated rings. The van der Waals surface area contributed by atoms with Crippen molar-refractivity contribution in [1.82, 2.24) is 0 Å². The van der Waals surface area contributed by atoms with Crippen LogP contribution in [0.4, 0.5) is 5.69 Å². The molecule has 0 heterocycles. The predicted octanol–water partition coefficient (Wildman–Crippen LogP) is 1.18. The van der Waals surface area contributed by atoms with E-state index in [2.05, 4.69) is 11.8 Å². The number of carbonyl (C=O) groups is 1. The molecule has 0 unspecified atom stereocenters. The lowest BCUT2D eigenvalue weighted by molar-refractivity contribution is 0.0527. The third kappa shape index (κ3) is 3.82. The van der Waals surface area contributed by atoms with E-state index in [9.17, 15) is 4.79 Å². The van der Waals surface area contributed by atoms with E-state index in [1.54, 1.807) is 25.1 Å². The van der Waals surface area contributed by atoms with Crippen LogP contribution in [0.2, 0.25) is 0 Å². The Kier molecular flexibility index (Phi) is 5.05. The Bertz CT molecular complexity index is 457. The molecule has 0 radical (unpaired) electrons. The molecule has 0 saturated carbocycles. The number of hydrogen-bond acceptors (Lipinski definition) is 4. The molecule has 90 valence electrons. The van der Waals surface area contributed by atoms with Gasteiger partial charge in [0.2, 0.25) is 0 Å². The second-order valence-corrected chi connectivity index (χ2v) is 3.30. The number of nitrogen functional groups attached to an aromatic ring is 1. The van der Waals surface area contributed by atoms with Crippen LogP contribution in [0.25, 0.3) is 0 Å². The molecule has 3 N–H and O–H groups in total. The number of esters is 1. The lowest BCUT2D eigenvalue weighted by Gasteiger charge is -2.05. The van der Waals surface area contributed by atoms with Crippen LogP contribution in [0.15, 0.2) is 18.2 Å². The van der Waals surface area contributed by atoms with Gasteiger partial charge in [-0.1, -0.05) is 11.8 Å². The molecule has 0 atom stereocenters. The van der Waals surface area contributed by atoms with Crippen molar-refractivity contribution in [2.75, 3.05) is 18.9 Å². The van der Waals surface area contributed by atoms with Crippen LogP contribution in [0.3, 0.4) is 0 Å². The van der Waals surface area contributed by atoms with Crippen molar-refractivity contribution < 1.29 is 14.6 Å². The molecule has 0 saturated heterocycles. The van der Waals surface area contributed by atoms with E-state index in [0.717, 1.165) is 0 Å². The highest BCUT2D eigenvalue weighted by molar-refractivity contribution is 5.95. The molecule has 1 aromatic carbocycles. The number of ether oxygens (including phenoxy) is 1.